The van der Waals surface area contributed by atoms with Gasteiger partial charge in [0.1, 0.15) is 17.5 Å². The predicted octanol–water partition coefficient (Wildman–Crippen LogP) is -5.05. The maximum atomic E-state index is 13.3. The van der Waals surface area contributed by atoms with Crippen molar-refractivity contribution in [2.24, 2.45) is 0 Å². The average molecular weight is 541 g/mol. The summed E-state index contributed by atoms with van der Waals surface area (Å²) in [6.07, 6.45) is -0.0675. The van der Waals surface area contributed by atoms with E-state index >= 15 is 0 Å². The number of hydrogen-bond acceptors (Lipinski definition) is 18. The van der Waals surface area contributed by atoms with Gasteiger partial charge in [-0.05, 0) is 0 Å². The van der Waals surface area contributed by atoms with Crippen LogP contribution in [0.4, 0.5) is 35.7 Å². The van der Waals surface area contributed by atoms with Gasteiger partial charge in [-0.2, -0.15) is 44.9 Å². The van der Waals surface area contributed by atoms with Crippen LogP contribution in [-0.2, 0) is 38.9 Å². The van der Waals surface area contributed by atoms with Crippen molar-refractivity contribution >= 4 is 35.7 Å². The lowest BCUT2D eigenvalue weighted by molar-refractivity contribution is 0.439. The fourth-order valence-electron chi connectivity index (χ4n) is 3.60. The van der Waals surface area contributed by atoms with Crippen LogP contribution in [0.2, 0.25) is 0 Å². The molecule has 0 radical (unpaired) electrons. The molecule has 4 aromatic rings. The Labute approximate surface area is 217 Å². The highest BCUT2D eigenvalue weighted by molar-refractivity contribution is 5.27. The van der Waals surface area contributed by atoms with Crippen molar-refractivity contribution in [3.63, 3.8) is 0 Å². The van der Waals surface area contributed by atoms with E-state index in [0.717, 1.165) is 13.7 Å². The van der Waals surface area contributed by atoms with E-state index < -0.39 is 17.1 Å². The monoisotopic (exact) mass is 540 g/mol. The Morgan fingerprint density at radius 1 is 0.385 bits per heavy atom. The van der Waals surface area contributed by atoms with Gasteiger partial charge < -0.3 is 34.4 Å². The molecule has 0 amide bonds. The van der Waals surface area contributed by atoms with Crippen LogP contribution >= 0.6 is 0 Å². The number of hydrogen-bond donors (Lipinski definition) is 6. The molecular formula is C18H24N18O3. The van der Waals surface area contributed by atoms with Crippen LogP contribution in [0, 0.1) is 0 Å². The van der Waals surface area contributed by atoms with Crippen LogP contribution in [0.15, 0.2) is 14.4 Å². The quantitative estimate of drug-likeness (QED) is 0.115. The van der Waals surface area contributed by atoms with Gasteiger partial charge in [-0.25, -0.2) is 28.1 Å². The SMILES string of the molecule is Nc1nc(N)nc(CCn2c(=O)n(CCc3nc(N)nc(N)n3)c(=O)n(CCc3nc(N)nc(N)n3)c2=O)n1. The summed E-state index contributed by atoms with van der Waals surface area (Å²) in [7, 11) is 0. The molecule has 0 unspecified atom stereocenters. The van der Waals surface area contributed by atoms with Gasteiger partial charge in [0, 0.05) is 38.9 Å². The fraction of sp³-hybridized carbons (Fsp3) is 0.333. The molecule has 21 heteroatoms. The topological polar surface area (TPSA) is 338 Å². The second kappa shape index (κ2) is 10.7. The molecule has 39 heavy (non-hydrogen) atoms. The van der Waals surface area contributed by atoms with Crippen molar-refractivity contribution in [3.05, 3.63) is 48.9 Å². The van der Waals surface area contributed by atoms with E-state index in [1.807, 2.05) is 0 Å². The first-order chi connectivity index (χ1) is 18.5. The van der Waals surface area contributed by atoms with Crippen LogP contribution in [0.25, 0.3) is 0 Å². The van der Waals surface area contributed by atoms with Gasteiger partial charge >= 0.3 is 17.1 Å². The normalized spacial score (nSPS) is 11.1. The molecule has 0 bridgehead atoms. The van der Waals surface area contributed by atoms with Crippen molar-refractivity contribution in [2.75, 3.05) is 34.4 Å². The van der Waals surface area contributed by atoms with Crippen LogP contribution in [0.3, 0.4) is 0 Å². The fourth-order valence-corrected chi connectivity index (χ4v) is 3.60. The number of aromatic nitrogens is 12. The second-order valence-corrected chi connectivity index (χ2v) is 7.96. The van der Waals surface area contributed by atoms with Crippen LogP contribution in [0.1, 0.15) is 17.5 Å². The minimum atomic E-state index is -0.889. The molecule has 0 spiro atoms. The molecule has 0 aliphatic carbocycles. The average Bonchev–Trinajstić information content (AvgIpc) is 2.82. The zero-order valence-electron chi connectivity index (χ0n) is 20.3. The first kappa shape index (κ1) is 26.3. The Kier molecular flexibility index (Phi) is 7.21. The molecule has 0 atom stereocenters. The summed E-state index contributed by atoms with van der Waals surface area (Å²) in [5.41, 5.74) is 30.9. The Balaban J connectivity index is 1.71. The summed E-state index contributed by atoms with van der Waals surface area (Å²) in [6, 6.07) is 0. The lowest BCUT2D eigenvalue weighted by Gasteiger charge is -2.14. The van der Waals surface area contributed by atoms with Crippen molar-refractivity contribution in [3.8, 4) is 0 Å². The van der Waals surface area contributed by atoms with Crippen LogP contribution < -0.4 is 51.5 Å². The largest absolute Gasteiger partial charge is 0.368 e. The van der Waals surface area contributed by atoms with Gasteiger partial charge in [0.05, 0.1) is 0 Å². The zero-order chi connectivity index (χ0) is 28.3. The number of nitrogens with zero attached hydrogens (tertiary/aromatic N) is 12. The number of aryl methyl sites for hydroxylation is 3. The first-order valence-electron chi connectivity index (χ1n) is 11.2. The molecule has 0 saturated carbocycles. The summed E-state index contributed by atoms with van der Waals surface area (Å²) in [5.74, 6) is -0.331. The van der Waals surface area contributed by atoms with Gasteiger partial charge in [-0.1, -0.05) is 0 Å². The molecule has 21 nitrogen and oxygen atoms in total. The maximum Gasteiger partial charge on any atom is 0.336 e. The summed E-state index contributed by atoms with van der Waals surface area (Å²) in [6.45, 7) is -0.631. The third-order valence-electron chi connectivity index (χ3n) is 5.21. The molecular weight excluding hydrogens is 516 g/mol. The van der Waals surface area contributed by atoms with E-state index in [9.17, 15) is 14.4 Å². The molecule has 0 saturated heterocycles. The minimum absolute atomic E-state index is 0.0225. The summed E-state index contributed by atoms with van der Waals surface area (Å²) in [4.78, 5) is 74.6. The third kappa shape index (κ3) is 6.15. The van der Waals surface area contributed by atoms with Gasteiger partial charge in [-0.3, -0.25) is 0 Å². The highest BCUT2D eigenvalue weighted by atomic mass is 16.2. The zero-order valence-corrected chi connectivity index (χ0v) is 20.3. The van der Waals surface area contributed by atoms with E-state index in [0.29, 0.717) is 0 Å². The number of nitrogen functional groups attached to an aromatic ring is 6. The second-order valence-electron chi connectivity index (χ2n) is 7.96. The van der Waals surface area contributed by atoms with Crippen LogP contribution in [0.5, 0.6) is 0 Å². The van der Waals surface area contributed by atoms with Gasteiger partial charge in [0.15, 0.2) is 0 Å². The van der Waals surface area contributed by atoms with Crippen molar-refractivity contribution in [1.82, 2.24) is 58.6 Å². The van der Waals surface area contributed by atoms with E-state index in [-0.39, 0.29) is 92.1 Å². The molecule has 0 aromatic carbocycles. The smallest absolute Gasteiger partial charge is 0.336 e. The Hall–Kier alpha value is -5.76. The highest BCUT2D eigenvalue weighted by Crippen LogP contribution is 2.02. The van der Waals surface area contributed by atoms with Gasteiger partial charge in [-0.15, -0.1) is 0 Å². The molecule has 204 valence electrons. The molecule has 4 rings (SSSR count). The summed E-state index contributed by atoms with van der Waals surface area (Å²) in [5, 5.41) is 0. The van der Waals surface area contributed by atoms with E-state index in [4.69, 9.17) is 34.4 Å². The molecule has 4 aromatic heterocycles. The van der Waals surface area contributed by atoms with Crippen LogP contribution in [-0.4, -0.2) is 58.6 Å². The van der Waals surface area contributed by atoms with E-state index in [1.54, 1.807) is 0 Å². The molecule has 0 aliphatic heterocycles. The number of anilines is 6. The molecule has 4 heterocycles. The Morgan fingerprint density at radius 2 is 0.590 bits per heavy atom. The number of rotatable bonds is 9. The highest BCUT2D eigenvalue weighted by Gasteiger charge is 2.18. The summed E-state index contributed by atoms with van der Waals surface area (Å²) < 4.78 is 2.55. The molecule has 12 N–H and O–H groups in total. The van der Waals surface area contributed by atoms with Crippen molar-refractivity contribution in [1.29, 1.82) is 0 Å². The van der Waals surface area contributed by atoms with Crippen molar-refractivity contribution < 1.29 is 0 Å². The Morgan fingerprint density at radius 3 is 0.795 bits per heavy atom. The van der Waals surface area contributed by atoms with Gasteiger partial charge in [0.25, 0.3) is 0 Å². The standard InChI is InChI=1S/C18H24N18O3/c19-10-25-7(26-11(20)31-10)1-4-34-16(37)35(5-2-8-27-12(21)32-13(22)28-8)18(39)36(17(34)38)6-3-9-29-14(23)33-15(24)30-9/h1-6H2,(H4,19,20,25,26,31)(H4,21,22,27,28,32)(H4,23,24,29,30,33). The predicted molar refractivity (Wildman–Crippen MR) is 136 cm³/mol. The summed E-state index contributed by atoms with van der Waals surface area (Å²) >= 11 is 0. The minimum Gasteiger partial charge on any atom is -0.368 e. The molecule has 0 aliphatic rings. The lowest BCUT2D eigenvalue weighted by Crippen LogP contribution is -2.55. The van der Waals surface area contributed by atoms with E-state index in [1.165, 1.54) is 0 Å². The maximum absolute atomic E-state index is 13.3. The van der Waals surface area contributed by atoms with E-state index in [2.05, 4.69) is 44.9 Å². The lowest BCUT2D eigenvalue weighted by atomic mass is 10.3. The first-order valence-corrected chi connectivity index (χ1v) is 11.2. The van der Waals surface area contributed by atoms with Gasteiger partial charge in [0.2, 0.25) is 35.7 Å². The number of nitrogens with two attached hydrogens (primary N) is 6. The van der Waals surface area contributed by atoms with Crippen molar-refractivity contribution in [2.45, 2.75) is 38.9 Å². The third-order valence-corrected chi connectivity index (χ3v) is 5.21. The molecule has 0 fully saturated rings. The Bertz CT molecular complexity index is 1420.